The number of hydrogen-bond acceptors (Lipinski definition) is 2. The van der Waals surface area contributed by atoms with Gasteiger partial charge in [-0.25, -0.2) is 0 Å². The van der Waals surface area contributed by atoms with Crippen LogP contribution in [0.25, 0.3) is 0 Å². The molecule has 2 rings (SSSR count). The summed E-state index contributed by atoms with van der Waals surface area (Å²) in [5.74, 6) is 0.559. The summed E-state index contributed by atoms with van der Waals surface area (Å²) in [5.41, 5.74) is 4.65. The van der Waals surface area contributed by atoms with Crippen molar-refractivity contribution in [2.45, 2.75) is 33.2 Å². The molecule has 0 aliphatic heterocycles. The highest BCUT2D eigenvalue weighted by molar-refractivity contribution is 5.46. The Labute approximate surface area is 109 Å². The number of aromatic nitrogens is 1. The van der Waals surface area contributed by atoms with Crippen molar-refractivity contribution in [2.75, 3.05) is 5.32 Å². The van der Waals surface area contributed by atoms with Crippen LogP contribution in [0.15, 0.2) is 42.5 Å². The lowest BCUT2D eigenvalue weighted by atomic mass is 10.0. The van der Waals surface area contributed by atoms with Gasteiger partial charge in [-0.05, 0) is 42.7 Å². The number of pyridine rings is 1. The van der Waals surface area contributed by atoms with Gasteiger partial charge in [0, 0.05) is 11.4 Å². The fourth-order valence-electron chi connectivity index (χ4n) is 1.90. The smallest absolute Gasteiger partial charge is 0.0597 e. The molecule has 94 valence electrons. The first-order valence-electron chi connectivity index (χ1n) is 6.41. The average molecular weight is 240 g/mol. The van der Waals surface area contributed by atoms with E-state index in [1.807, 2.05) is 25.1 Å². The highest BCUT2D eigenvalue weighted by Crippen LogP contribution is 2.18. The Balaban J connectivity index is 2.04. The van der Waals surface area contributed by atoms with Gasteiger partial charge in [0.15, 0.2) is 0 Å². The van der Waals surface area contributed by atoms with Crippen LogP contribution < -0.4 is 5.32 Å². The maximum atomic E-state index is 4.48. The van der Waals surface area contributed by atoms with Gasteiger partial charge < -0.3 is 5.32 Å². The summed E-state index contributed by atoms with van der Waals surface area (Å²) in [6, 6.07) is 14.7. The topological polar surface area (TPSA) is 24.9 Å². The third kappa shape index (κ3) is 3.33. The Morgan fingerprint density at radius 1 is 1.11 bits per heavy atom. The molecule has 1 aromatic heterocycles. The van der Waals surface area contributed by atoms with Crippen molar-refractivity contribution in [3.8, 4) is 0 Å². The van der Waals surface area contributed by atoms with E-state index in [-0.39, 0.29) is 0 Å². The largest absolute Gasteiger partial charge is 0.379 e. The number of nitrogens with zero attached hydrogens (tertiary/aromatic N) is 1. The van der Waals surface area contributed by atoms with E-state index in [0.29, 0.717) is 5.92 Å². The van der Waals surface area contributed by atoms with Gasteiger partial charge in [-0.2, -0.15) is 0 Å². The van der Waals surface area contributed by atoms with Crippen molar-refractivity contribution in [1.82, 2.24) is 4.98 Å². The van der Waals surface area contributed by atoms with Crippen LogP contribution in [0.5, 0.6) is 0 Å². The molecule has 1 aromatic carbocycles. The van der Waals surface area contributed by atoms with Gasteiger partial charge >= 0.3 is 0 Å². The molecule has 0 atom stereocenters. The second kappa shape index (κ2) is 5.67. The maximum Gasteiger partial charge on any atom is 0.0597 e. The Morgan fingerprint density at radius 2 is 1.89 bits per heavy atom. The van der Waals surface area contributed by atoms with Gasteiger partial charge in [-0.15, -0.1) is 0 Å². The highest BCUT2D eigenvalue weighted by Gasteiger charge is 2.00. The molecule has 0 unspecified atom stereocenters. The Hall–Kier alpha value is -1.83. The van der Waals surface area contributed by atoms with E-state index in [0.717, 1.165) is 23.6 Å². The van der Waals surface area contributed by atoms with Crippen LogP contribution in [0.3, 0.4) is 0 Å². The second-order valence-electron chi connectivity index (χ2n) is 4.90. The van der Waals surface area contributed by atoms with Crippen LogP contribution in [-0.2, 0) is 6.54 Å². The summed E-state index contributed by atoms with van der Waals surface area (Å²) in [6.07, 6.45) is 0. The molecule has 1 heterocycles. The summed E-state index contributed by atoms with van der Waals surface area (Å²) in [7, 11) is 0. The monoisotopic (exact) mass is 240 g/mol. The van der Waals surface area contributed by atoms with E-state index in [1.54, 1.807) is 0 Å². The molecule has 0 bridgehead atoms. The van der Waals surface area contributed by atoms with Crippen LogP contribution in [-0.4, -0.2) is 4.98 Å². The van der Waals surface area contributed by atoms with Crippen molar-refractivity contribution in [1.29, 1.82) is 0 Å². The first kappa shape index (κ1) is 12.6. The quantitative estimate of drug-likeness (QED) is 0.869. The Morgan fingerprint density at radius 3 is 2.61 bits per heavy atom. The number of rotatable bonds is 4. The molecule has 2 aromatic rings. The van der Waals surface area contributed by atoms with E-state index < -0.39 is 0 Å². The lowest BCUT2D eigenvalue weighted by Crippen LogP contribution is -2.02. The lowest BCUT2D eigenvalue weighted by molar-refractivity contribution is 0.866. The van der Waals surface area contributed by atoms with Crippen LogP contribution in [0.1, 0.15) is 36.7 Å². The summed E-state index contributed by atoms with van der Waals surface area (Å²) in [4.78, 5) is 4.48. The molecule has 0 spiro atoms. The van der Waals surface area contributed by atoms with Gasteiger partial charge in [0.2, 0.25) is 0 Å². The van der Waals surface area contributed by atoms with Crippen LogP contribution >= 0.6 is 0 Å². The first-order valence-corrected chi connectivity index (χ1v) is 6.41. The van der Waals surface area contributed by atoms with Crippen LogP contribution in [0.4, 0.5) is 5.69 Å². The fourth-order valence-corrected chi connectivity index (χ4v) is 1.90. The Kier molecular flexibility index (Phi) is 3.98. The Bertz CT molecular complexity index is 518. The van der Waals surface area contributed by atoms with Crippen LogP contribution in [0.2, 0.25) is 0 Å². The highest BCUT2D eigenvalue weighted by atomic mass is 14.9. The molecule has 0 fully saturated rings. The normalized spacial score (nSPS) is 10.7. The number of aryl methyl sites for hydroxylation is 1. The van der Waals surface area contributed by atoms with Crippen molar-refractivity contribution >= 4 is 5.69 Å². The minimum atomic E-state index is 0.559. The molecule has 0 saturated carbocycles. The molecule has 0 saturated heterocycles. The van der Waals surface area contributed by atoms with Gasteiger partial charge in [0.05, 0.1) is 12.2 Å². The SMILES string of the molecule is Cc1cccc(CNc2cccc(C(C)C)c2)n1. The lowest BCUT2D eigenvalue weighted by Gasteiger charge is -2.10. The fraction of sp³-hybridized carbons (Fsp3) is 0.312. The number of benzene rings is 1. The molecule has 0 radical (unpaired) electrons. The van der Waals surface area contributed by atoms with Gasteiger partial charge in [-0.3, -0.25) is 4.98 Å². The molecule has 0 amide bonds. The van der Waals surface area contributed by atoms with E-state index in [1.165, 1.54) is 5.56 Å². The zero-order chi connectivity index (χ0) is 13.0. The molecule has 2 heteroatoms. The summed E-state index contributed by atoms with van der Waals surface area (Å²) >= 11 is 0. The van der Waals surface area contributed by atoms with E-state index in [4.69, 9.17) is 0 Å². The molecule has 1 N–H and O–H groups in total. The van der Waals surface area contributed by atoms with E-state index in [9.17, 15) is 0 Å². The molecule has 2 nitrogen and oxygen atoms in total. The average Bonchev–Trinajstić information content (AvgIpc) is 2.37. The van der Waals surface area contributed by atoms with Gasteiger partial charge in [0.25, 0.3) is 0 Å². The summed E-state index contributed by atoms with van der Waals surface area (Å²) in [6.45, 7) is 7.20. The third-order valence-electron chi connectivity index (χ3n) is 2.97. The number of hydrogen-bond donors (Lipinski definition) is 1. The zero-order valence-electron chi connectivity index (χ0n) is 11.3. The third-order valence-corrected chi connectivity index (χ3v) is 2.97. The zero-order valence-corrected chi connectivity index (χ0v) is 11.3. The molecular weight excluding hydrogens is 220 g/mol. The predicted molar refractivity (Wildman–Crippen MR) is 76.8 cm³/mol. The minimum Gasteiger partial charge on any atom is -0.379 e. The predicted octanol–water partition coefficient (Wildman–Crippen LogP) is 4.13. The summed E-state index contributed by atoms with van der Waals surface area (Å²) in [5, 5.41) is 3.42. The number of anilines is 1. The molecular formula is C16H20N2. The molecule has 18 heavy (non-hydrogen) atoms. The van der Waals surface area contributed by atoms with Gasteiger partial charge in [-0.1, -0.05) is 32.0 Å². The van der Waals surface area contributed by atoms with Gasteiger partial charge in [0.1, 0.15) is 0 Å². The number of nitrogens with one attached hydrogen (secondary N) is 1. The summed E-state index contributed by atoms with van der Waals surface area (Å²) < 4.78 is 0. The first-order chi connectivity index (χ1) is 8.65. The van der Waals surface area contributed by atoms with Crippen molar-refractivity contribution in [2.24, 2.45) is 0 Å². The van der Waals surface area contributed by atoms with Crippen LogP contribution in [0, 0.1) is 6.92 Å². The van der Waals surface area contributed by atoms with Crippen molar-refractivity contribution < 1.29 is 0 Å². The molecule has 0 aliphatic carbocycles. The van der Waals surface area contributed by atoms with E-state index in [2.05, 4.69) is 48.4 Å². The van der Waals surface area contributed by atoms with E-state index >= 15 is 0 Å². The van der Waals surface area contributed by atoms with Crippen molar-refractivity contribution in [3.63, 3.8) is 0 Å². The second-order valence-corrected chi connectivity index (χ2v) is 4.90. The van der Waals surface area contributed by atoms with Crippen molar-refractivity contribution in [3.05, 3.63) is 59.4 Å². The molecule has 0 aliphatic rings. The minimum absolute atomic E-state index is 0.559. The standard InChI is InChI=1S/C16H20N2/c1-12(2)14-7-5-8-15(10-14)17-11-16-9-4-6-13(3)18-16/h4-10,12,17H,11H2,1-3H3. The maximum absolute atomic E-state index is 4.48.